The third kappa shape index (κ3) is 4.52. The highest BCUT2D eigenvalue weighted by Crippen LogP contribution is 2.39. The van der Waals surface area contributed by atoms with E-state index in [2.05, 4.69) is 15.5 Å². The van der Waals surface area contributed by atoms with E-state index in [9.17, 15) is 4.79 Å². The van der Waals surface area contributed by atoms with E-state index in [1.54, 1.807) is 22.7 Å². The summed E-state index contributed by atoms with van der Waals surface area (Å²) in [5.41, 5.74) is 1.94. The summed E-state index contributed by atoms with van der Waals surface area (Å²) in [6, 6.07) is 13.8. The Labute approximate surface area is 194 Å². The van der Waals surface area contributed by atoms with Gasteiger partial charge in [-0.05, 0) is 30.2 Å². The fourth-order valence-corrected chi connectivity index (χ4v) is 5.43. The zero-order chi connectivity index (χ0) is 22.1. The summed E-state index contributed by atoms with van der Waals surface area (Å²) < 4.78 is 5.50. The minimum atomic E-state index is -0.311. The van der Waals surface area contributed by atoms with Crippen molar-refractivity contribution in [1.82, 2.24) is 20.4 Å². The van der Waals surface area contributed by atoms with E-state index in [-0.39, 0.29) is 24.3 Å². The molecule has 1 aliphatic carbocycles. The van der Waals surface area contributed by atoms with Gasteiger partial charge in [-0.2, -0.15) is 4.98 Å². The van der Waals surface area contributed by atoms with Crippen molar-refractivity contribution in [2.45, 2.75) is 45.1 Å². The zero-order valence-corrected chi connectivity index (χ0v) is 19.6. The van der Waals surface area contributed by atoms with E-state index < -0.39 is 0 Å². The maximum atomic E-state index is 13.1. The maximum Gasteiger partial charge on any atom is 0.249 e. The smallest absolute Gasteiger partial charge is 0.249 e. The third-order valence-corrected chi connectivity index (χ3v) is 7.42. The maximum absolute atomic E-state index is 13.1. The number of hydrogen-bond acceptors (Lipinski definition) is 7. The highest BCUT2D eigenvalue weighted by molar-refractivity contribution is 7.17. The SMILES string of the molecule is CC(C)C(NC(=O)Cc1sc(-c2ccccc2)nc1-c1cccs1)c1nc(C2CC2)no1. The molecule has 0 spiro atoms. The van der Waals surface area contributed by atoms with Gasteiger partial charge in [-0.25, -0.2) is 4.98 Å². The molecule has 3 heterocycles. The number of hydrogen-bond donors (Lipinski definition) is 1. The molecule has 1 aromatic carbocycles. The molecule has 6 nitrogen and oxygen atoms in total. The molecule has 4 aromatic rings. The fourth-order valence-electron chi connectivity index (χ4n) is 3.55. The van der Waals surface area contributed by atoms with Crippen LogP contribution in [0.4, 0.5) is 0 Å². The Kier molecular flexibility index (Phi) is 5.89. The molecule has 0 bridgehead atoms. The summed E-state index contributed by atoms with van der Waals surface area (Å²) in [4.78, 5) is 24.6. The van der Waals surface area contributed by atoms with Crippen molar-refractivity contribution in [2.75, 3.05) is 0 Å². The van der Waals surface area contributed by atoms with Crippen LogP contribution in [0.3, 0.4) is 0 Å². The van der Waals surface area contributed by atoms with Crippen LogP contribution < -0.4 is 5.32 Å². The Bertz CT molecular complexity index is 1190. The zero-order valence-electron chi connectivity index (χ0n) is 17.9. The molecule has 1 fully saturated rings. The Morgan fingerprint density at radius 2 is 1.97 bits per heavy atom. The monoisotopic (exact) mass is 464 g/mol. The quantitative estimate of drug-likeness (QED) is 0.353. The van der Waals surface area contributed by atoms with Crippen molar-refractivity contribution in [1.29, 1.82) is 0 Å². The van der Waals surface area contributed by atoms with Gasteiger partial charge >= 0.3 is 0 Å². The standard InChI is InChI=1S/C24H24N4O2S2/c1-14(2)20(23-27-22(28-30-23)15-10-11-15)25-19(29)13-18-21(17-9-6-12-31-17)26-24(32-18)16-7-4-3-5-8-16/h3-9,12,14-15,20H,10-11,13H2,1-2H3,(H,25,29). The van der Waals surface area contributed by atoms with Crippen LogP contribution >= 0.6 is 22.7 Å². The Hall–Kier alpha value is -2.84. The molecule has 0 saturated heterocycles. The summed E-state index contributed by atoms with van der Waals surface area (Å²) >= 11 is 3.20. The van der Waals surface area contributed by atoms with Crippen molar-refractivity contribution in [2.24, 2.45) is 5.92 Å². The molecule has 1 aliphatic rings. The number of carbonyl (C=O) groups excluding carboxylic acids is 1. The molecule has 164 valence electrons. The first kappa shape index (κ1) is 21.0. The summed E-state index contributed by atoms with van der Waals surface area (Å²) in [7, 11) is 0. The van der Waals surface area contributed by atoms with E-state index in [4.69, 9.17) is 9.51 Å². The molecule has 8 heteroatoms. The molecule has 1 saturated carbocycles. The van der Waals surface area contributed by atoms with Crippen molar-refractivity contribution < 1.29 is 9.32 Å². The van der Waals surface area contributed by atoms with Crippen molar-refractivity contribution in [3.8, 4) is 21.1 Å². The van der Waals surface area contributed by atoms with Crippen LogP contribution in [0.5, 0.6) is 0 Å². The van der Waals surface area contributed by atoms with Gasteiger partial charge in [0.25, 0.3) is 0 Å². The second kappa shape index (κ2) is 8.96. The van der Waals surface area contributed by atoms with Gasteiger partial charge in [0.2, 0.25) is 11.8 Å². The Morgan fingerprint density at radius 3 is 2.66 bits per heavy atom. The minimum Gasteiger partial charge on any atom is -0.344 e. The first-order valence-corrected chi connectivity index (χ1v) is 12.5. The van der Waals surface area contributed by atoms with Crippen molar-refractivity contribution in [3.05, 3.63) is 64.4 Å². The molecule has 1 atom stereocenters. The molecule has 0 aliphatic heterocycles. The summed E-state index contributed by atoms with van der Waals surface area (Å²) in [5, 5.41) is 10.2. The predicted molar refractivity (Wildman–Crippen MR) is 127 cm³/mol. The average Bonchev–Trinajstić information content (AvgIpc) is 3.19. The van der Waals surface area contributed by atoms with Crippen LogP contribution in [0, 0.1) is 5.92 Å². The van der Waals surface area contributed by atoms with Gasteiger partial charge in [0.1, 0.15) is 11.0 Å². The fraction of sp³-hybridized carbons (Fsp3) is 0.333. The van der Waals surface area contributed by atoms with Gasteiger partial charge in [0.15, 0.2) is 5.82 Å². The molecule has 1 unspecified atom stereocenters. The molecule has 3 aromatic heterocycles. The molecule has 0 radical (unpaired) electrons. The molecule has 5 rings (SSSR count). The number of amides is 1. The van der Waals surface area contributed by atoms with Gasteiger partial charge < -0.3 is 9.84 Å². The van der Waals surface area contributed by atoms with E-state index in [0.29, 0.717) is 11.8 Å². The Morgan fingerprint density at radius 1 is 1.16 bits per heavy atom. The van der Waals surface area contributed by atoms with Crippen molar-refractivity contribution in [3.63, 3.8) is 0 Å². The topological polar surface area (TPSA) is 80.9 Å². The number of benzene rings is 1. The number of carbonyl (C=O) groups is 1. The number of rotatable bonds is 8. The van der Waals surface area contributed by atoms with Crippen molar-refractivity contribution >= 4 is 28.6 Å². The summed E-state index contributed by atoms with van der Waals surface area (Å²) in [6.45, 7) is 4.09. The van der Waals surface area contributed by atoms with Gasteiger partial charge in [-0.3, -0.25) is 4.79 Å². The lowest BCUT2D eigenvalue weighted by Crippen LogP contribution is -2.33. The third-order valence-electron chi connectivity index (χ3n) is 5.44. The highest BCUT2D eigenvalue weighted by Gasteiger charge is 2.32. The molecular formula is C24H24N4O2S2. The van der Waals surface area contributed by atoms with Crippen LogP contribution in [0.2, 0.25) is 0 Å². The van der Waals surface area contributed by atoms with Gasteiger partial charge in [-0.1, -0.05) is 55.4 Å². The van der Waals surface area contributed by atoms with Gasteiger partial charge in [-0.15, -0.1) is 22.7 Å². The normalized spacial score (nSPS) is 14.6. The first-order chi connectivity index (χ1) is 15.6. The number of nitrogens with zero attached hydrogens (tertiary/aromatic N) is 3. The number of thiophene rings is 1. The van der Waals surface area contributed by atoms with Gasteiger partial charge in [0.05, 0.1) is 17.0 Å². The average molecular weight is 465 g/mol. The molecule has 1 amide bonds. The molecule has 1 N–H and O–H groups in total. The van der Waals surface area contributed by atoms with E-state index in [1.807, 2.05) is 61.7 Å². The van der Waals surface area contributed by atoms with Crippen LogP contribution in [0.1, 0.15) is 55.2 Å². The summed E-state index contributed by atoms with van der Waals surface area (Å²) in [5.74, 6) is 1.72. The molecule has 32 heavy (non-hydrogen) atoms. The lowest BCUT2D eigenvalue weighted by atomic mass is 10.0. The lowest BCUT2D eigenvalue weighted by Gasteiger charge is -2.18. The van der Waals surface area contributed by atoms with Crippen LogP contribution in [0.25, 0.3) is 21.1 Å². The van der Waals surface area contributed by atoms with Gasteiger partial charge in [0, 0.05) is 16.4 Å². The largest absolute Gasteiger partial charge is 0.344 e. The van der Waals surface area contributed by atoms with E-state index in [1.165, 1.54) is 0 Å². The van der Waals surface area contributed by atoms with Crippen LogP contribution in [-0.4, -0.2) is 21.0 Å². The summed E-state index contributed by atoms with van der Waals surface area (Å²) in [6.07, 6.45) is 2.47. The number of aromatic nitrogens is 3. The minimum absolute atomic E-state index is 0.0732. The lowest BCUT2D eigenvalue weighted by molar-refractivity contribution is -0.121. The second-order valence-electron chi connectivity index (χ2n) is 8.37. The van der Waals surface area contributed by atoms with E-state index in [0.717, 1.165) is 44.7 Å². The van der Waals surface area contributed by atoms with Crippen LogP contribution in [-0.2, 0) is 11.2 Å². The van der Waals surface area contributed by atoms with Crippen LogP contribution in [0.15, 0.2) is 52.4 Å². The molecular weight excluding hydrogens is 440 g/mol. The number of thiazole rings is 1. The Balaban J connectivity index is 1.38. The highest BCUT2D eigenvalue weighted by atomic mass is 32.1. The number of nitrogens with one attached hydrogen (secondary N) is 1. The van der Waals surface area contributed by atoms with E-state index >= 15 is 0 Å². The second-order valence-corrected chi connectivity index (χ2v) is 10.4. The predicted octanol–water partition coefficient (Wildman–Crippen LogP) is 5.86. The first-order valence-electron chi connectivity index (χ1n) is 10.8.